The normalized spacial score (nSPS) is 17.3. The number of carbonyl (C=O) groups is 1. The zero-order valence-electron chi connectivity index (χ0n) is 16.6. The average Bonchev–Trinajstić information content (AvgIpc) is 2.73. The number of alkyl halides is 3. The number of sulfonamides is 1. The summed E-state index contributed by atoms with van der Waals surface area (Å²) in [4.78, 5) is 14.3. The molecular formula is C20H21ClF3N3O3S. The highest BCUT2D eigenvalue weighted by molar-refractivity contribution is 7.89. The van der Waals surface area contributed by atoms with Gasteiger partial charge in [-0.25, -0.2) is 8.42 Å². The van der Waals surface area contributed by atoms with Gasteiger partial charge in [0.25, 0.3) is 0 Å². The number of rotatable bonds is 5. The Balaban J connectivity index is 1.65. The Bertz CT molecular complexity index is 1050. The Morgan fingerprint density at radius 3 is 2.23 bits per heavy atom. The summed E-state index contributed by atoms with van der Waals surface area (Å²) in [6.07, 6.45) is -4.59. The Labute approximate surface area is 183 Å². The average molecular weight is 476 g/mol. The number of carbonyl (C=O) groups excluding carboxylic acids is 1. The van der Waals surface area contributed by atoms with Crippen molar-refractivity contribution in [3.8, 4) is 0 Å². The molecule has 0 spiro atoms. The molecule has 3 rings (SSSR count). The van der Waals surface area contributed by atoms with Crippen molar-refractivity contribution in [1.82, 2.24) is 9.21 Å². The van der Waals surface area contributed by atoms with Crippen LogP contribution in [0.2, 0.25) is 5.02 Å². The Morgan fingerprint density at radius 1 is 1.03 bits per heavy atom. The first kappa shape index (κ1) is 23.5. The van der Waals surface area contributed by atoms with E-state index in [0.29, 0.717) is 0 Å². The van der Waals surface area contributed by atoms with Crippen LogP contribution >= 0.6 is 11.6 Å². The lowest BCUT2D eigenvalue weighted by molar-refractivity contribution is -0.137. The first-order valence-electron chi connectivity index (χ1n) is 9.47. The molecule has 0 saturated carbocycles. The highest BCUT2D eigenvalue weighted by atomic mass is 35.5. The standard InChI is InChI=1S/C20H21ClF3N3O3S/c1-14(19(28)25-17-8-4-2-6-15(17)20(22,23)24)26-10-12-27(13-11-26)31(29,30)18-9-5-3-7-16(18)21/h2-9,14H,10-13H2,1H3,(H,25,28)/t14-/m1/s1. The number of hydrogen-bond acceptors (Lipinski definition) is 4. The summed E-state index contributed by atoms with van der Waals surface area (Å²) in [5, 5.41) is 2.46. The molecule has 1 saturated heterocycles. The van der Waals surface area contributed by atoms with Gasteiger partial charge in [0.2, 0.25) is 15.9 Å². The van der Waals surface area contributed by atoms with Crippen LogP contribution in [-0.2, 0) is 21.0 Å². The molecule has 0 aromatic heterocycles. The number of hydrogen-bond donors (Lipinski definition) is 1. The summed E-state index contributed by atoms with van der Waals surface area (Å²) in [6, 6.07) is 10.2. The molecule has 0 radical (unpaired) electrons. The van der Waals surface area contributed by atoms with Gasteiger partial charge in [0.05, 0.1) is 22.3 Å². The van der Waals surface area contributed by atoms with Gasteiger partial charge in [-0.3, -0.25) is 9.69 Å². The van der Waals surface area contributed by atoms with E-state index in [-0.39, 0.29) is 41.8 Å². The van der Waals surface area contributed by atoms with E-state index in [9.17, 15) is 26.4 Å². The summed E-state index contributed by atoms with van der Waals surface area (Å²) in [7, 11) is -3.78. The highest BCUT2D eigenvalue weighted by Crippen LogP contribution is 2.34. The van der Waals surface area contributed by atoms with E-state index in [1.54, 1.807) is 24.0 Å². The second-order valence-electron chi connectivity index (χ2n) is 7.08. The second-order valence-corrected chi connectivity index (χ2v) is 9.39. The van der Waals surface area contributed by atoms with Gasteiger partial charge in [0.1, 0.15) is 4.90 Å². The van der Waals surface area contributed by atoms with E-state index in [4.69, 9.17) is 11.6 Å². The number of nitrogens with zero attached hydrogens (tertiary/aromatic N) is 2. The lowest BCUT2D eigenvalue weighted by atomic mass is 10.1. The van der Waals surface area contributed by atoms with Crippen LogP contribution < -0.4 is 5.32 Å². The third kappa shape index (κ3) is 5.20. The lowest BCUT2D eigenvalue weighted by Gasteiger charge is -2.36. The number of nitrogens with one attached hydrogen (secondary N) is 1. The third-order valence-electron chi connectivity index (χ3n) is 5.15. The molecular weight excluding hydrogens is 455 g/mol. The maximum absolute atomic E-state index is 13.1. The molecule has 31 heavy (non-hydrogen) atoms. The monoisotopic (exact) mass is 475 g/mol. The van der Waals surface area contributed by atoms with Gasteiger partial charge in [0, 0.05) is 26.2 Å². The van der Waals surface area contributed by atoms with E-state index in [2.05, 4.69) is 5.32 Å². The number of anilines is 1. The third-order valence-corrected chi connectivity index (χ3v) is 7.54. The van der Waals surface area contributed by atoms with Crippen molar-refractivity contribution in [3.63, 3.8) is 0 Å². The van der Waals surface area contributed by atoms with E-state index in [0.717, 1.165) is 6.07 Å². The van der Waals surface area contributed by atoms with Crippen LogP contribution in [0.1, 0.15) is 12.5 Å². The molecule has 0 unspecified atom stereocenters. The fraction of sp³-hybridized carbons (Fsp3) is 0.350. The summed E-state index contributed by atoms with van der Waals surface area (Å²) in [5.74, 6) is -0.598. The number of halogens is 4. The zero-order valence-corrected chi connectivity index (χ0v) is 18.1. The minimum absolute atomic E-state index is 0.0136. The van der Waals surface area contributed by atoms with E-state index >= 15 is 0 Å². The number of amides is 1. The fourth-order valence-electron chi connectivity index (χ4n) is 3.37. The van der Waals surface area contributed by atoms with Crippen LogP contribution in [0, 0.1) is 0 Å². The van der Waals surface area contributed by atoms with Crippen LogP contribution in [-0.4, -0.2) is 55.8 Å². The number of benzene rings is 2. The Morgan fingerprint density at radius 2 is 1.61 bits per heavy atom. The van der Waals surface area contributed by atoms with Gasteiger partial charge in [-0.05, 0) is 31.2 Å². The maximum atomic E-state index is 13.1. The molecule has 1 N–H and O–H groups in total. The molecule has 1 atom stereocenters. The fourth-order valence-corrected chi connectivity index (χ4v) is 5.28. The quantitative estimate of drug-likeness (QED) is 0.716. The van der Waals surface area contributed by atoms with Crippen LogP contribution in [0.15, 0.2) is 53.4 Å². The summed E-state index contributed by atoms with van der Waals surface area (Å²) in [6.45, 7) is 2.33. The molecule has 0 bridgehead atoms. The maximum Gasteiger partial charge on any atom is 0.418 e. The smallest absolute Gasteiger partial charge is 0.324 e. The first-order chi connectivity index (χ1) is 14.5. The molecule has 1 heterocycles. The molecule has 2 aromatic rings. The summed E-state index contributed by atoms with van der Waals surface area (Å²) in [5.41, 5.74) is -1.24. The van der Waals surface area contributed by atoms with Crippen LogP contribution in [0.25, 0.3) is 0 Å². The van der Waals surface area contributed by atoms with Crippen LogP contribution in [0.3, 0.4) is 0 Å². The van der Waals surface area contributed by atoms with Crippen molar-refractivity contribution in [2.24, 2.45) is 0 Å². The predicted octanol–water partition coefficient (Wildman–Crippen LogP) is 3.69. The predicted molar refractivity (Wildman–Crippen MR) is 111 cm³/mol. The minimum atomic E-state index is -4.59. The summed E-state index contributed by atoms with van der Waals surface area (Å²) < 4.78 is 66.4. The van der Waals surface area contributed by atoms with Gasteiger partial charge in [-0.2, -0.15) is 17.5 Å². The van der Waals surface area contributed by atoms with Crippen molar-refractivity contribution in [3.05, 3.63) is 59.1 Å². The van der Waals surface area contributed by atoms with Crippen LogP contribution in [0.4, 0.5) is 18.9 Å². The molecule has 1 amide bonds. The van der Waals surface area contributed by atoms with Gasteiger partial charge < -0.3 is 5.32 Å². The molecule has 2 aromatic carbocycles. The van der Waals surface area contributed by atoms with Crippen molar-refractivity contribution < 1.29 is 26.4 Å². The molecule has 0 aliphatic carbocycles. The molecule has 1 aliphatic heterocycles. The zero-order chi connectivity index (χ0) is 22.8. The van der Waals surface area contributed by atoms with Crippen molar-refractivity contribution >= 4 is 33.2 Å². The molecule has 11 heteroatoms. The van der Waals surface area contributed by atoms with Gasteiger partial charge in [0.15, 0.2) is 0 Å². The number of piperazine rings is 1. The van der Waals surface area contributed by atoms with Crippen molar-refractivity contribution in [1.29, 1.82) is 0 Å². The SMILES string of the molecule is C[C@H](C(=O)Nc1ccccc1C(F)(F)F)N1CCN(S(=O)(=O)c2ccccc2Cl)CC1. The lowest BCUT2D eigenvalue weighted by Crippen LogP contribution is -2.54. The minimum Gasteiger partial charge on any atom is -0.324 e. The molecule has 1 aliphatic rings. The van der Waals surface area contributed by atoms with Crippen molar-refractivity contribution in [2.75, 3.05) is 31.5 Å². The van der Waals surface area contributed by atoms with Crippen molar-refractivity contribution in [2.45, 2.75) is 24.0 Å². The van der Waals surface area contributed by atoms with E-state index in [1.807, 2.05) is 0 Å². The van der Waals surface area contributed by atoms with Crippen LogP contribution in [0.5, 0.6) is 0 Å². The summed E-state index contributed by atoms with van der Waals surface area (Å²) >= 11 is 6.02. The van der Waals surface area contributed by atoms with Gasteiger partial charge in [-0.15, -0.1) is 0 Å². The Kier molecular flexibility index (Phi) is 6.95. The second kappa shape index (κ2) is 9.15. The first-order valence-corrected chi connectivity index (χ1v) is 11.3. The van der Waals surface area contributed by atoms with E-state index < -0.39 is 33.7 Å². The molecule has 1 fully saturated rings. The Hall–Kier alpha value is -2.14. The largest absolute Gasteiger partial charge is 0.418 e. The highest BCUT2D eigenvalue weighted by Gasteiger charge is 2.35. The number of para-hydroxylation sites is 1. The van der Waals surface area contributed by atoms with Gasteiger partial charge in [-0.1, -0.05) is 35.9 Å². The molecule has 168 valence electrons. The topological polar surface area (TPSA) is 69.7 Å². The van der Waals surface area contributed by atoms with E-state index in [1.165, 1.54) is 34.6 Å². The van der Waals surface area contributed by atoms with Gasteiger partial charge >= 0.3 is 6.18 Å². The molecule has 6 nitrogen and oxygen atoms in total.